The number of aliphatic imine (C=N–C) groups is 1. The van der Waals surface area contributed by atoms with E-state index in [1.165, 1.54) is 0 Å². The number of carbonyl (C=O) groups is 1. The van der Waals surface area contributed by atoms with Gasteiger partial charge in [0.25, 0.3) is 0 Å². The van der Waals surface area contributed by atoms with E-state index < -0.39 is 23.7 Å². The maximum absolute atomic E-state index is 11.5. The number of carboxylic acids is 1. The lowest BCUT2D eigenvalue weighted by Crippen LogP contribution is -2.50. The van der Waals surface area contributed by atoms with Crippen molar-refractivity contribution in [1.82, 2.24) is 4.98 Å². The number of carboxylic acid groups (broad SMARTS) is 1. The first-order valence-electron chi connectivity index (χ1n) is 11.2. The molecule has 0 saturated carbocycles. The highest BCUT2D eigenvalue weighted by atomic mass is 16.5. The lowest BCUT2D eigenvalue weighted by Gasteiger charge is -2.43. The first kappa shape index (κ1) is 22.6. The number of pyridine rings is 1. The smallest absolute Gasteiger partial charge is 0.329 e. The molecule has 0 saturated heterocycles. The lowest BCUT2D eigenvalue weighted by molar-refractivity contribution is -0.156. The molecule has 5 heteroatoms. The molecular formula is C28H28N2O3. The minimum absolute atomic E-state index is 0.429. The Bertz CT molecular complexity index is 1160. The van der Waals surface area contributed by atoms with Gasteiger partial charge in [-0.05, 0) is 31.1 Å². The largest absolute Gasteiger partial charge is 0.480 e. The van der Waals surface area contributed by atoms with Crippen molar-refractivity contribution in [2.24, 2.45) is 4.99 Å². The Morgan fingerprint density at radius 1 is 1.00 bits per heavy atom. The number of ether oxygens (including phenoxy) is 1. The van der Waals surface area contributed by atoms with E-state index in [2.05, 4.69) is 25.1 Å². The van der Waals surface area contributed by atoms with Crippen molar-refractivity contribution in [3.05, 3.63) is 90.6 Å². The molecule has 0 radical (unpaired) electrons. The highest BCUT2D eigenvalue weighted by molar-refractivity contribution is 5.81. The third-order valence-corrected chi connectivity index (χ3v) is 6.15. The van der Waals surface area contributed by atoms with Crippen molar-refractivity contribution in [2.75, 3.05) is 6.61 Å². The quantitative estimate of drug-likeness (QED) is 0.449. The summed E-state index contributed by atoms with van der Waals surface area (Å²) in [5, 5.41) is 9.44. The summed E-state index contributed by atoms with van der Waals surface area (Å²) >= 11 is 0. The molecule has 4 rings (SSSR count). The van der Waals surface area contributed by atoms with Gasteiger partial charge in [0.05, 0.1) is 11.4 Å². The van der Waals surface area contributed by atoms with Gasteiger partial charge in [-0.25, -0.2) is 9.78 Å². The van der Waals surface area contributed by atoms with Gasteiger partial charge in [0, 0.05) is 17.3 Å². The maximum Gasteiger partial charge on any atom is 0.329 e. The van der Waals surface area contributed by atoms with E-state index in [4.69, 9.17) is 14.7 Å². The third-order valence-electron chi connectivity index (χ3n) is 6.15. The Hall–Kier alpha value is -3.57. The van der Waals surface area contributed by atoms with E-state index >= 15 is 0 Å². The molecule has 1 N–H and O–H groups in total. The van der Waals surface area contributed by atoms with Crippen LogP contribution in [-0.4, -0.2) is 34.4 Å². The van der Waals surface area contributed by atoms with Crippen LogP contribution < -0.4 is 0 Å². The van der Waals surface area contributed by atoms with Crippen LogP contribution in [0.15, 0.2) is 89.9 Å². The third kappa shape index (κ3) is 4.37. The van der Waals surface area contributed by atoms with E-state index in [1.807, 2.05) is 73.7 Å². The Labute approximate surface area is 194 Å². The Balaban J connectivity index is 1.95. The van der Waals surface area contributed by atoms with Gasteiger partial charge in [-0.15, -0.1) is 0 Å². The molecule has 1 aromatic heterocycles. The maximum atomic E-state index is 11.5. The van der Waals surface area contributed by atoms with Gasteiger partial charge in [0.1, 0.15) is 17.7 Å². The molecule has 3 aromatic rings. The molecule has 0 aliphatic carbocycles. The minimum Gasteiger partial charge on any atom is -0.480 e. The van der Waals surface area contributed by atoms with Crippen molar-refractivity contribution in [2.45, 2.75) is 37.8 Å². The molecular weight excluding hydrogens is 412 g/mol. The molecule has 0 spiro atoms. The van der Waals surface area contributed by atoms with Crippen LogP contribution in [0.4, 0.5) is 0 Å². The van der Waals surface area contributed by atoms with Gasteiger partial charge in [0.2, 0.25) is 0 Å². The highest BCUT2D eigenvalue weighted by Gasteiger charge is 2.51. The first-order chi connectivity index (χ1) is 16.0. The molecule has 5 nitrogen and oxygen atoms in total. The van der Waals surface area contributed by atoms with Gasteiger partial charge >= 0.3 is 5.97 Å². The molecule has 0 fully saturated rings. The zero-order chi connectivity index (χ0) is 23.3. The average molecular weight is 441 g/mol. The molecule has 2 heterocycles. The highest BCUT2D eigenvalue weighted by Crippen LogP contribution is 2.46. The SMILES string of the molecule is CCCC(OCC(=O)O)(c1ccc(-c2ccccc2)c(-c2ccccc2)n1)C1(C)C=CC=N1. The van der Waals surface area contributed by atoms with Crippen molar-refractivity contribution in [3.63, 3.8) is 0 Å². The van der Waals surface area contributed by atoms with Crippen LogP contribution in [0.2, 0.25) is 0 Å². The predicted octanol–water partition coefficient (Wildman–Crippen LogP) is 5.91. The van der Waals surface area contributed by atoms with Crippen LogP contribution in [0.3, 0.4) is 0 Å². The van der Waals surface area contributed by atoms with Crippen molar-refractivity contribution in [3.8, 4) is 22.4 Å². The van der Waals surface area contributed by atoms with Crippen molar-refractivity contribution >= 4 is 12.2 Å². The van der Waals surface area contributed by atoms with E-state index in [0.29, 0.717) is 12.1 Å². The fraction of sp³-hybridized carbons (Fsp3) is 0.250. The average Bonchev–Trinajstić information content (AvgIpc) is 3.30. The van der Waals surface area contributed by atoms with Gasteiger partial charge in [-0.2, -0.15) is 0 Å². The van der Waals surface area contributed by atoms with E-state index in [9.17, 15) is 9.90 Å². The summed E-state index contributed by atoms with van der Waals surface area (Å²) in [5.74, 6) is -1.02. The molecule has 33 heavy (non-hydrogen) atoms. The van der Waals surface area contributed by atoms with Crippen LogP contribution in [0.5, 0.6) is 0 Å². The molecule has 1 aliphatic rings. The topological polar surface area (TPSA) is 71.8 Å². The normalized spacial score (nSPS) is 18.8. The van der Waals surface area contributed by atoms with Crippen LogP contribution >= 0.6 is 0 Å². The second kappa shape index (κ2) is 9.51. The summed E-state index contributed by atoms with van der Waals surface area (Å²) in [4.78, 5) is 21.4. The van der Waals surface area contributed by atoms with Gasteiger partial charge in [-0.1, -0.05) is 86.2 Å². The van der Waals surface area contributed by atoms with Gasteiger partial charge < -0.3 is 9.84 Å². The second-order valence-electron chi connectivity index (χ2n) is 8.37. The van der Waals surface area contributed by atoms with E-state index in [-0.39, 0.29) is 0 Å². The molecule has 0 amide bonds. The number of benzene rings is 2. The number of hydrogen-bond acceptors (Lipinski definition) is 4. The summed E-state index contributed by atoms with van der Waals surface area (Å²) in [6, 6.07) is 24.2. The zero-order valence-corrected chi connectivity index (χ0v) is 18.9. The summed E-state index contributed by atoms with van der Waals surface area (Å²) < 4.78 is 6.21. The number of nitrogens with zero attached hydrogens (tertiary/aromatic N) is 2. The second-order valence-corrected chi connectivity index (χ2v) is 8.37. The number of aromatic nitrogens is 1. The molecule has 1 aliphatic heterocycles. The number of rotatable bonds is 9. The number of allylic oxidation sites excluding steroid dienone is 1. The van der Waals surface area contributed by atoms with Crippen LogP contribution in [0.1, 0.15) is 32.4 Å². The molecule has 168 valence electrons. The Morgan fingerprint density at radius 3 is 2.24 bits per heavy atom. The zero-order valence-electron chi connectivity index (χ0n) is 18.9. The van der Waals surface area contributed by atoms with E-state index in [1.54, 1.807) is 6.21 Å². The monoisotopic (exact) mass is 440 g/mol. The van der Waals surface area contributed by atoms with Crippen molar-refractivity contribution < 1.29 is 14.6 Å². The van der Waals surface area contributed by atoms with Crippen molar-refractivity contribution in [1.29, 1.82) is 0 Å². The van der Waals surface area contributed by atoms with Crippen LogP contribution in [0.25, 0.3) is 22.4 Å². The summed E-state index contributed by atoms with van der Waals surface area (Å²) in [7, 11) is 0. The molecule has 2 unspecified atom stereocenters. The Kier molecular flexibility index (Phi) is 6.52. The van der Waals surface area contributed by atoms with Crippen LogP contribution in [-0.2, 0) is 15.1 Å². The van der Waals surface area contributed by atoms with Crippen LogP contribution in [0, 0.1) is 0 Å². The fourth-order valence-electron chi connectivity index (χ4n) is 4.53. The number of hydrogen-bond donors (Lipinski definition) is 1. The summed E-state index contributed by atoms with van der Waals surface area (Å²) in [6.07, 6.45) is 6.95. The predicted molar refractivity (Wildman–Crippen MR) is 131 cm³/mol. The summed E-state index contributed by atoms with van der Waals surface area (Å²) in [6.45, 7) is 3.60. The molecule has 2 atom stereocenters. The Morgan fingerprint density at radius 2 is 1.67 bits per heavy atom. The fourth-order valence-corrected chi connectivity index (χ4v) is 4.53. The van der Waals surface area contributed by atoms with E-state index in [0.717, 1.165) is 28.8 Å². The number of aliphatic carboxylic acids is 1. The van der Waals surface area contributed by atoms with Gasteiger partial charge in [0.15, 0.2) is 0 Å². The standard InChI is InChI=1S/C28H28N2O3/c1-3-17-28(33-20-25(31)32,27(2)18-10-19-29-27)24-16-15-23(21-11-6-4-7-12-21)26(30-24)22-13-8-5-9-14-22/h4-16,18-19H,3,17,20H2,1-2H3,(H,31,32). The summed E-state index contributed by atoms with van der Waals surface area (Å²) in [5.41, 5.74) is 2.76. The lowest BCUT2D eigenvalue weighted by atomic mass is 9.75. The first-order valence-corrected chi connectivity index (χ1v) is 11.2. The molecule has 2 aromatic carbocycles. The molecule has 0 bridgehead atoms. The van der Waals surface area contributed by atoms with Gasteiger partial charge in [-0.3, -0.25) is 4.99 Å². The minimum atomic E-state index is -1.03.